The maximum atomic E-state index is 12.2. The van der Waals surface area contributed by atoms with Crippen LogP contribution in [0.2, 0.25) is 0 Å². The van der Waals surface area contributed by atoms with Crippen LogP contribution < -0.4 is 20.1 Å². The first-order valence-electron chi connectivity index (χ1n) is 8.60. The molecular formula is C21H26N2O3. The first kappa shape index (κ1) is 19.4. The highest BCUT2D eigenvalue weighted by Gasteiger charge is 2.05. The quantitative estimate of drug-likeness (QED) is 0.652. The van der Waals surface area contributed by atoms with Crippen LogP contribution in [-0.4, -0.2) is 25.2 Å². The average molecular weight is 354 g/mol. The molecule has 2 rings (SSSR count). The Kier molecular flexibility index (Phi) is 7.09. The molecule has 0 spiro atoms. The summed E-state index contributed by atoms with van der Waals surface area (Å²) in [6.07, 6.45) is 0.105. The van der Waals surface area contributed by atoms with E-state index in [-0.39, 0.29) is 18.6 Å². The van der Waals surface area contributed by atoms with Crippen molar-refractivity contribution < 1.29 is 14.3 Å². The number of carbonyl (C=O) groups is 1. The molecule has 0 fully saturated rings. The molecule has 2 N–H and O–H groups in total. The Morgan fingerprint density at radius 3 is 2.42 bits per heavy atom. The van der Waals surface area contributed by atoms with Crippen molar-refractivity contribution in [1.29, 1.82) is 0 Å². The first-order valence-corrected chi connectivity index (χ1v) is 8.60. The van der Waals surface area contributed by atoms with Crippen LogP contribution in [0.3, 0.4) is 0 Å². The minimum atomic E-state index is -0.141. The maximum absolute atomic E-state index is 12.2. The number of amides is 1. The predicted octanol–water partition coefficient (Wildman–Crippen LogP) is 4.48. The molecule has 5 nitrogen and oxygen atoms in total. The zero-order valence-corrected chi connectivity index (χ0v) is 15.5. The molecule has 2 aromatic carbocycles. The lowest BCUT2D eigenvalue weighted by Gasteiger charge is -2.12. The Hall–Kier alpha value is -2.95. The van der Waals surface area contributed by atoms with Gasteiger partial charge in [0.25, 0.3) is 0 Å². The molecule has 0 saturated carbocycles. The third-order valence-corrected chi connectivity index (χ3v) is 3.26. The molecule has 0 bridgehead atoms. The number of ether oxygens (including phenoxy) is 2. The summed E-state index contributed by atoms with van der Waals surface area (Å²) in [4.78, 5) is 12.2. The highest BCUT2D eigenvalue weighted by Crippen LogP contribution is 2.19. The Morgan fingerprint density at radius 2 is 1.73 bits per heavy atom. The van der Waals surface area contributed by atoms with Crippen LogP contribution in [0.25, 0.3) is 0 Å². The minimum Gasteiger partial charge on any atom is -0.491 e. The van der Waals surface area contributed by atoms with E-state index in [0.717, 1.165) is 17.0 Å². The van der Waals surface area contributed by atoms with E-state index in [1.54, 1.807) is 6.07 Å². The van der Waals surface area contributed by atoms with E-state index in [0.29, 0.717) is 18.0 Å². The molecular weight excluding hydrogens is 328 g/mol. The molecule has 0 radical (unpaired) electrons. The van der Waals surface area contributed by atoms with Gasteiger partial charge in [-0.2, -0.15) is 0 Å². The van der Waals surface area contributed by atoms with Gasteiger partial charge in [0, 0.05) is 23.5 Å². The third kappa shape index (κ3) is 6.89. The zero-order chi connectivity index (χ0) is 18.9. The van der Waals surface area contributed by atoms with Crippen molar-refractivity contribution in [3.63, 3.8) is 0 Å². The second-order valence-electron chi connectivity index (χ2n) is 6.37. The van der Waals surface area contributed by atoms with Crippen LogP contribution in [0, 0.1) is 0 Å². The number of anilines is 2. The monoisotopic (exact) mass is 354 g/mol. The molecule has 2 aromatic rings. The van der Waals surface area contributed by atoms with Gasteiger partial charge in [0.15, 0.2) is 0 Å². The van der Waals surface area contributed by atoms with E-state index >= 15 is 0 Å². The summed E-state index contributed by atoms with van der Waals surface area (Å²) in [5, 5.41) is 5.95. The molecule has 5 heteroatoms. The van der Waals surface area contributed by atoms with Gasteiger partial charge in [-0.25, -0.2) is 0 Å². The van der Waals surface area contributed by atoms with Crippen molar-refractivity contribution >= 4 is 17.3 Å². The van der Waals surface area contributed by atoms with Gasteiger partial charge in [-0.15, -0.1) is 0 Å². The zero-order valence-electron chi connectivity index (χ0n) is 15.5. The molecule has 138 valence electrons. The summed E-state index contributed by atoms with van der Waals surface area (Å²) in [6.45, 7) is 10.3. The molecule has 0 atom stereocenters. The van der Waals surface area contributed by atoms with Gasteiger partial charge < -0.3 is 20.1 Å². The number of rotatable bonds is 9. The Balaban J connectivity index is 1.87. The van der Waals surface area contributed by atoms with E-state index in [1.807, 2.05) is 63.2 Å². The van der Waals surface area contributed by atoms with Gasteiger partial charge in [-0.3, -0.25) is 4.79 Å². The predicted molar refractivity (Wildman–Crippen MR) is 106 cm³/mol. The maximum Gasteiger partial charge on any atom is 0.243 e. The Morgan fingerprint density at radius 1 is 1.08 bits per heavy atom. The summed E-state index contributed by atoms with van der Waals surface area (Å²) >= 11 is 0. The van der Waals surface area contributed by atoms with E-state index in [2.05, 4.69) is 17.2 Å². The van der Waals surface area contributed by atoms with Gasteiger partial charge in [-0.1, -0.05) is 18.7 Å². The van der Waals surface area contributed by atoms with E-state index in [9.17, 15) is 4.79 Å². The number of hydrogen-bond acceptors (Lipinski definition) is 4. The van der Waals surface area contributed by atoms with Crippen LogP contribution in [0.5, 0.6) is 11.5 Å². The van der Waals surface area contributed by atoms with Crippen molar-refractivity contribution in [2.24, 2.45) is 0 Å². The standard InChI is InChI=1S/C21H26N2O3/c1-15(2)14-25-19-9-6-8-18(12-19)23-21(24)13-22-17-7-5-10-20(11-17)26-16(3)4/h5-12,16,22H,1,13-14H2,2-4H3,(H,23,24). The molecule has 0 aliphatic heterocycles. The lowest BCUT2D eigenvalue weighted by Crippen LogP contribution is -2.21. The van der Waals surface area contributed by atoms with Crippen LogP contribution in [0.4, 0.5) is 11.4 Å². The summed E-state index contributed by atoms with van der Waals surface area (Å²) in [7, 11) is 0. The fourth-order valence-electron chi connectivity index (χ4n) is 2.21. The van der Waals surface area contributed by atoms with Gasteiger partial charge >= 0.3 is 0 Å². The second-order valence-corrected chi connectivity index (χ2v) is 6.37. The highest BCUT2D eigenvalue weighted by atomic mass is 16.5. The van der Waals surface area contributed by atoms with Crippen LogP contribution in [0.15, 0.2) is 60.7 Å². The second kappa shape index (κ2) is 9.51. The van der Waals surface area contributed by atoms with Crippen molar-refractivity contribution in [1.82, 2.24) is 0 Å². The molecule has 0 unspecified atom stereocenters. The molecule has 1 amide bonds. The fourth-order valence-corrected chi connectivity index (χ4v) is 2.21. The van der Waals surface area contributed by atoms with Crippen LogP contribution in [-0.2, 0) is 4.79 Å². The Bertz CT molecular complexity index is 756. The number of carbonyl (C=O) groups excluding carboxylic acids is 1. The summed E-state index contributed by atoms with van der Waals surface area (Å²) < 4.78 is 11.2. The van der Waals surface area contributed by atoms with E-state index in [1.165, 1.54) is 0 Å². The third-order valence-electron chi connectivity index (χ3n) is 3.26. The van der Waals surface area contributed by atoms with Gasteiger partial charge in [0.05, 0.1) is 12.6 Å². The van der Waals surface area contributed by atoms with E-state index in [4.69, 9.17) is 9.47 Å². The normalized spacial score (nSPS) is 10.3. The number of benzene rings is 2. The molecule has 0 aliphatic rings. The Labute approximate surface area is 155 Å². The SMILES string of the molecule is C=C(C)COc1cccc(NC(=O)CNc2cccc(OC(C)C)c2)c1. The average Bonchev–Trinajstić information content (AvgIpc) is 2.58. The van der Waals surface area contributed by atoms with Crippen molar-refractivity contribution in [3.05, 3.63) is 60.7 Å². The van der Waals surface area contributed by atoms with Gasteiger partial charge in [0.1, 0.15) is 18.1 Å². The van der Waals surface area contributed by atoms with Gasteiger partial charge in [-0.05, 0) is 50.6 Å². The molecule has 0 heterocycles. The fraction of sp³-hybridized carbons (Fsp3) is 0.286. The van der Waals surface area contributed by atoms with Crippen molar-refractivity contribution in [2.75, 3.05) is 23.8 Å². The number of nitrogens with one attached hydrogen (secondary N) is 2. The van der Waals surface area contributed by atoms with Gasteiger partial charge in [0.2, 0.25) is 5.91 Å². The molecule has 0 aromatic heterocycles. The van der Waals surface area contributed by atoms with Crippen LogP contribution >= 0.6 is 0 Å². The summed E-state index contributed by atoms with van der Waals surface area (Å²) in [6, 6.07) is 14.8. The topological polar surface area (TPSA) is 59.6 Å². The first-order chi connectivity index (χ1) is 12.4. The summed E-state index contributed by atoms with van der Waals surface area (Å²) in [5.41, 5.74) is 2.46. The van der Waals surface area contributed by atoms with Crippen molar-refractivity contribution in [2.45, 2.75) is 26.9 Å². The van der Waals surface area contributed by atoms with Crippen molar-refractivity contribution in [3.8, 4) is 11.5 Å². The van der Waals surface area contributed by atoms with E-state index < -0.39 is 0 Å². The minimum absolute atomic E-state index is 0.105. The molecule has 0 aliphatic carbocycles. The molecule has 26 heavy (non-hydrogen) atoms. The number of hydrogen-bond donors (Lipinski definition) is 2. The van der Waals surface area contributed by atoms with Crippen LogP contribution in [0.1, 0.15) is 20.8 Å². The summed E-state index contributed by atoms with van der Waals surface area (Å²) in [5.74, 6) is 1.32. The molecule has 0 saturated heterocycles. The highest BCUT2D eigenvalue weighted by molar-refractivity contribution is 5.93. The lowest BCUT2D eigenvalue weighted by molar-refractivity contribution is -0.114. The lowest BCUT2D eigenvalue weighted by atomic mass is 10.3. The largest absolute Gasteiger partial charge is 0.491 e. The smallest absolute Gasteiger partial charge is 0.243 e.